The summed E-state index contributed by atoms with van der Waals surface area (Å²) < 4.78 is 28.8. The quantitative estimate of drug-likeness (QED) is 0.581. The highest BCUT2D eigenvalue weighted by molar-refractivity contribution is 7.88. The molecule has 0 radical (unpaired) electrons. The fourth-order valence-electron chi connectivity index (χ4n) is 4.94. The molecule has 7 heteroatoms. The molecule has 33 heavy (non-hydrogen) atoms. The topological polar surface area (TPSA) is 81.1 Å². The van der Waals surface area contributed by atoms with E-state index in [1.54, 1.807) is 10.9 Å². The number of benzene rings is 2. The van der Waals surface area contributed by atoms with Crippen LogP contribution in [-0.2, 0) is 29.4 Å². The van der Waals surface area contributed by atoms with Crippen molar-refractivity contribution in [3.63, 3.8) is 0 Å². The van der Waals surface area contributed by atoms with Crippen molar-refractivity contribution >= 4 is 10.0 Å². The Morgan fingerprint density at radius 2 is 1.79 bits per heavy atom. The summed E-state index contributed by atoms with van der Waals surface area (Å²) in [5, 5.41) is 0. The summed E-state index contributed by atoms with van der Waals surface area (Å²) in [6.07, 6.45) is 6.96. The molecule has 1 heterocycles. The Labute approximate surface area is 194 Å². The first-order valence-corrected chi connectivity index (χ1v) is 13.5. The fraction of sp³-hybridized carbons (Fsp3) is 0.385. The summed E-state index contributed by atoms with van der Waals surface area (Å²) in [6.45, 7) is 0.694. The second-order valence-electron chi connectivity index (χ2n) is 9.42. The van der Waals surface area contributed by atoms with Crippen molar-refractivity contribution in [2.75, 3.05) is 6.26 Å². The third-order valence-corrected chi connectivity index (χ3v) is 7.44. The van der Waals surface area contributed by atoms with Gasteiger partial charge in [0.2, 0.25) is 10.0 Å². The molecule has 0 spiro atoms. The first kappa shape index (κ1) is 22.0. The molecular weight excluding hydrogens is 434 g/mol. The number of hydrogen-bond acceptors (Lipinski definition) is 4. The lowest BCUT2D eigenvalue weighted by molar-refractivity contribution is 0.415. The maximum atomic E-state index is 13.5. The number of aryl methyl sites for hydroxylation is 1. The lowest BCUT2D eigenvalue weighted by Gasteiger charge is -2.33. The number of nitrogens with one attached hydrogen (secondary N) is 1. The van der Waals surface area contributed by atoms with E-state index in [9.17, 15) is 13.2 Å². The summed E-state index contributed by atoms with van der Waals surface area (Å²) in [4.78, 5) is 18.2. The zero-order valence-electron chi connectivity index (χ0n) is 18.8. The highest BCUT2D eigenvalue weighted by Gasteiger charge is 2.35. The van der Waals surface area contributed by atoms with E-state index < -0.39 is 10.0 Å². The minimum Gasteiger partial charge on any atom is -0.299 e. The maximum absolute atomic E-state index is 13.5. The standard InChI is InChI=1S/C26H29N3O3S/c1-33(31,32)28-23-12-13-24-25(26(30)29(17-27-24)16-18-10-11-18)22(23)15-19-6-5-9-21(14-19)20-7-3-2-4-8-20/h2-9,14,17-18,22-23,28H,10-13,15-16H2,1H3. The van der Waals surface area contributed by atoms with Gasteiger partial charge in [0.05, 0.1) is 18.3 Å². The number of sulfonamides is 1. The molecule has 1 saturated carbocycles. The Kier molecular flexibility index (Phi) is 5.93. The number of hydrogen-bond donors (Lipinski definition) is 1. The lowest BCUT2D eigenvalue weighted by atomic mass is 9.78. The number of fused-ring (bicyclic) bond motifs is 1. The van der Waals surface area contributed by atoms with Gasteiger partial charge in [0, 0.05) is 24.1 Å². The van der Waals surface area contributed by atoms with E-state index in [1.165, 1.54) is 6.26 Å². The van der Waals surface area contributed by atoms with Crippen LogP contribution in [0.2, 0.25) is 0 Å². The first-order valence-electron chi connectivity index (χ1n) is 11.6. The summed E-state index contributed by atoms with van der Waals surface area (Å²) in [5.74, 6) is 0.290. The van der Waals surface area contributed by atoms with Gasteiger partial charge in [-0.25, -0.2) is 18.1 Å². The van der Waals surface area contributed by atoms with Crippen molar-refractivity contribution in [3.05, 3.63) is 88.1 Å². The van der Waals surface area contributed by atoms with Crippen molar-refractivity contribution < 1.29 is 8.42 Å². The third-order valence-electron chi connectivity index (χ3n) is 6.71. The van der Waals surface area contributed by atoms with Crippen molar-refractivity contribution in [1.82, 2.24) is 14.3 Å². The molecular formula is C26H29N3O3S. The van der Waals surface area contributed by atoms with Crippen LogP contribution in [0.1, 0.15) is 42.0 Å². The number of aromatic nitrogens is 2. The molecule has 0 bridgehead atoms. The molecule has 2 aliphatic rings. The molecule has 2 unspecified atom stereocenters. The zero-order chi connectivity index (χ0) is 23.0. The zero-order valence-corrected chi connectivity index (χ0v) is 19.6. The smallest absolute Gasteiger partial charge is 0.257 e. The van der Waals surface area contributed by atoms with Gasteiger partial charge in [-0.05, 0) is 54.7 Å². The fourth-order valence-corrected chi connectivity index (χ4v) is 5.77. The van der Waals surface area contributed by atoms with Gasteiger partial charge in [-0.3, -0.25) is 9.36 Å². The van der Waals surface area contributed by atoms with E-state index in [0.29, 0.717) is 37.3 Å². The van der Waals surface area contributed by atoms with Crippen molar-refractivity contribution in [2.24, 2.45) is 5.92 Å². The molecule has 5 rings (SSSR count). The highest BCUT2D eigenvalue weighted by atomic mass is 32.2. The SMILES string of the molecule is CS(=O)(=O)NC1CCc2ncn(CC3CC3)c(=O)c2C1Cc1cccc(-c2ccccc2)c1. The van der Waals surface area contributed by atoms with Gasteiger partial charge in [0.1, 0.15) is 0 Å². The average molecular weight is 464 g/mol. The van der Waals surface area contributed by atoms with Gasteiger partial charge in [0.15, 0.2) is 0 Å². The van der Waals surface area contributed by atoms with Crippen molar-refractivity contribution in [2.45, 2.75) is 50.6 Å². The monoisotopic (exact) mass is 463 g/mol. The lowest BCUT2D eigenvalue weighted by Crippen LogP contribution is -2.45. The van der Waals surface area contributed by atoms with Crippen molar-refractivity contribution in [1.29, 1.82) is 0 Å². The minimum atomic E-state index is -3.41. The molecule has 172 valence electrons. The van der Waals surface area contributed by atoms with E-state index >= 15 is 0 Å². The van der Waals surface area contributed by atoms with E-state index in [0.717, 1.165) is 35.2 Å². The molecule has 0 saturated heterocycles. The normalized spacial score (nSPS) is 20.4. The summed E-state index contributed by atoms with van der Waals surface area (Å²) in [5.41, 5.74) is 4.78. The van der Waals surface area contributed by atoms with E-state index in [4.69, 9.17) is 0 Å². The van der Waals surface area contributed by atoms with Gasteiger partial charge < -0.3 is 0 Å². The predicted molar refractivity (Wildman–Crippen MR) is 130 cm³/mol. The van der Waals surface area contributed by atoms with Crippen LogP contribution in [0.4, 0.5) is 0 Å². The molecule has 0 amide bonds. The molecule has 1 aromatic heterocycles. The van der Waals surface area contributed by atoms with Gasteiger partial charge in [-0.1, -0.05) is 54.6 Å². The summed E-state index contributed by atoms with van der Waals surface area (Å²) in [6, 6.07) is 18.1. The van der Waals surface area contributed by atoms with Gasteiger partial charge in [-0.15, -0.1) is 0 Å². The van der Waals surface area contributed by atoms with E-state index in [2.05, 4.69) is 40.0 Å². The molecule has 3 aromatic rings. The number of rotatable bonds is 7. The Balaban J connectivity index is 1.54. The van der Waals surface area contributed by atoms with Crippen LogP contribution < -0.4 is 10.3 Å². The molecule has 6 nitrogen and oxygen atoms in total. The molecule has 1 N–H and O–H groups in total. The second kappa shape index (κ2) is 8.88. The van der Waals surface area contributed by atoms with E-state index in [-0.39, 0.29) is 17.5 Å². The molecule has 2 aromatic carbocycles. The largest absolute Gasteiger partial charge is 0.299 e. The van der Waals surface area contributed by atoms with Crippen LogP contribution in [0.25, 0.3) is 11.1 Å². The number of nitrogens with zero attached hydrogens (tertiary/aromatic N) is 2. The van der Waals surface area contributed by atoms with Crippen LogP contribution in [0.3, 0.4) is 0 Å². The van der Waals surface area contributed by atoms with Gasteiger partial charge >= 0.3 is 0 Å². The first-order chi connectivity index (χ1) is 15.9. The Bertz CT molecular complexity index is 1310. The van der Waals surface area contributed by atoms with Crippen LogP contribution >= 0.6 is 0 Å². The molecule has 0 aliphatic heterocycles. The average Bonchev–Trinajstić information content (AvgIpc) is 3.61. The summed E-state index contributed by atoms with van der Waals surface area (Å²) >= 11 is 0. The molecule has 1 fully saturated rings. The van der Waals surface area contributed by atoms with Gasteiger partial charge in [0.25, 0.3) is 5.56 Å². The molecule has 2 aliphatic carbocycles. The van der Waals surface area contributed by atoms with Crippen LogP contribution in [0, 0.1) is 5.92 Å². The Morgan fingerprint density at radius 3 is 2.52 bits per heavy atom. The van der Waals surface area contributed by atoms with Crippen LogP contribution in [0.5, 0.6) is 0 Å². The van der Waals surface area contributed by atoms with Crippen LogP contribution in [-0.4, -0.2) is 30.3 Å². The third kappa shape index (κ3) is 5.09. The summed E-state index contributed by atoms with van der Waals surface area (Å²) in [7, 11) is -3.41. The van der Waals surface area contributed by atoms with Crippen LogP contribution in [0.15, 0.2) is 65.7 Å². The minimum absolute atomic E-state index is 0.0175. The highest BCUT2D eigenvalue weighted by Crippen LogP contribution is 2.34. The van der Waals surface area contributed by atoms with E-state index in [1.807, 2.05) is 24.3 Å². The second-order valence-corrected chi connectivity index (χ2v) is 11.2. The maximum Gasteiger partial charge on any atom is 0.257 e. The Hall–Kier alpha value is -2.77. The molecule has 2 atom stereocenters. The predicted octanol–water partition coefficient (Wildman–Crippen LogP) is 3.51. The van der Waals surface area contributed by atoms with Gasteiger partial charge in [-0.2, -0.15) is 0 Å². The van der Waals surface area contributed by atoms with Crippen molar-refractivity contribution in [3.8, 4) is 11.1 Å². The Morgan fingerprint density at radius 1 is 1.03 bits per heavy atom.